The van der Waals surface area contributed by atoms with Gasteiger partial charge in [0.15, 0.2) is 5.65 Å². The Kier molecular flexibility index (Phi) is 4.61. The predicted octanol–water partition coefficient (Wildman–Crippen LogP) is 4.30. The molecule has 0 radical (unpaired) electrons. The van der Waals surface area contributed by atoms with E-state index in [2.05, 4.69) is 27.1 Å². The molecule has 136 valence electrons. The topological polar surface area (TPSA) is 59.3 Å². The molecule has 0 aliphatic rings. The minimum Gasteiger partial charge on any atom is -0.337 e. The van der Waals surface area contributed by atoms with Crippen LogP contribution in [0.15, 0.2) is 61.1 Å². The van der Waals surface area contributed by atoms with Crippen LogP contribution in [0.5, 0.6) is 0 Å². The molecule has 1 aromatic carbocycles. The number of rotatable bonds is 3. The Morgan fingerprint density at radius 1 is 1.04 bits per heavy atom. The zero-order chi connectivity index (χ0) is 19.5. The van der Waals surface area contributed by atoms with E-state index in [0.717, 1.165) is 45.8 Å². The third kappa shape index (κ3) is 3.49. The highest BCUT2D eigenvalue weighted by molar-refractivity contribution is 5.76. The van der Waals surface area contributed by atoms with Crippen LogP contribution < -0.4 is 5.32 Å². The van der Waals surface area contributed by atoms with Crippen LogP contribution >= 0.6 is 0 Å². The van der Waals surface area contributed by atoms with E-state index < -0.39 is 0 Å². The van der Waals surface area contributed by atoms with Crippen molar-refractivity contribution in [3.8, 4) is 11.8 Å². The number of aryl methyl sites for hydroxylation is 2. The second-order valence-electron chi connectivity index (χ2n) is 6.55. The molecule has 0 saturated carbocycles. The fourth-order valence-corrected chi connectivity index (χ4v) is 2.86. The molecular formula is C23H18N4O. The van der Waals surface area contributed by atoms with Gasteiger partial charge in [0.1, 0.15) is 17.8 Å². The minimum absolute atomic E-state index is 0.616. The Bertz CT molecular complexity index is 1230. The van der Waals surface area contributed by atoms with Crippen LogP contribution in [-0.2, 0) is 0 Å². The first-order valence-electron chi connectivity index (χ1n) is 8.87. The van der Waals surface area contributed by atoms with Crippen molar-refractivity contribution in [2.45, 2.75) is 13.8 Å². The molecule has 28 heavy (non-hydrogen) atoms. The van der Waals surface area contributed by atoms with Crippen LogP contribution in [0.2, 0.25) is 0 Å². The Labute approximate surface area is 163 Å². The monoisotopic (exact) mass is 366 g/mol. The first-order valence-corrected chi connectivity index (χ1v) is 8.87. The largest absolute Gasteiger partial charge is 0.337 e. The van der Waals surface area contributed by atoms with E-state index in [4.69, 9.17) is 0 Å². The van der Waals surface area contributed by atoms with E-state index >= 15 is 0 Å². The standard InChI is InChI=1S/C23H18N4O/c1-16-5-10-22(24-13-16)26-21-4-3-11-27-20(14-25-23(21)27)9-8-19-12-18(15-28)7-6-17(19)2/h3-7,10-15H,1-2H3,(H,24,26). The van der Waals surface area contributed by atoms with Crippen LogP contribution in [0.25, 0.3) is 5.65 Å². The summed E-state index contributed by atoms with van der Waals surface area (Å²) >= 11 is 0. The zero-order valence-corrected chi connectivity index (χ0v) is 15.6. The number of carbonyl (C=O) groups excluding carboxylic acids is 1. The van der Waals surface area contributed by atoms with Gasteiger partial charge in [-0.1, -0.05) is 24.1 Å². The number of fused-ring (bicyclic) bond motifs is 1. The summed E-state index contributed by atoms with van der Waals surface area (Å²) in [6.07, 6.45) is 6.32. The highest BCUT2D eigenvalue weighted by atomic mass is 16.1. The van der Waals surface area contributed by atoms with E-state index in [-0.39, 0.29) is 0 Å². The summed E-state index contributed by atoms with van der Waals surface area (Å²) in [6.45, 7) is 3.98. The van der Waals surface area contributed by atoms with Gasteiger partial charge in [-0.05, 0) is 55.2 Å². The maximum atomic E-state index is 11.0. The minimum atomic E-state index is 0.616. The molecule has 0 spiro atoms. The molecule has 0 saturated heterocycles. The maximum Gasteiger partial charge on any atom is 0.161 e. The van der Waals surface area contributed by atoms with Gasteiger partial charge in [0.25, 0.3) is 0 Å². The van der Waals surface area contributed by atoms with Gasteiger partial charge in [-0.2, -0.15) is 0 Å². The third-order valence-corrected chi connectivity index (χ3v) is 4.43. The van der Waals surface area contributed by atoms with E-state index in [0.29, 0.717) is 5.56 Å². The quantitative estimate of drug-likeness (QED) is 0.434. The number of aromatic nitrogens is 3. The van der Waals surface area contributed by atoms with E-state index in [9.17, 15) is 4.79 Å². The number of nitrogens with zero attached hydrogens (tertiary/aromatic N) is 3. The van der Waals surface area contributed by atoms with Crippen molar-refractivity contribution in [1.82, 2.24) is 14.4 Å². The summed E-state index contributed by atoms with van der Waals surface area (Å²) in [6, 6.07) is 13.3. The second kappa shape index (κ2) is 7.37. The number of pyridine rings is 2. The lowest BCUT2D eigenvalue weighted by molar-refractivity contribution is 0.112. The third-order valence-electron chi connectivity index (χ3n) is 4.43. The van der Waals surface area contributed by atoms with Crippen molar-refractivity contribution in [3.63, 3.8) is 0 Å². The number of benzene rings is 1. The molecule has 3 aromatic heterocycles. The lowest BCUT2D eigenvalue weighted by atomic mass is 10.1. The average Bonchev–Trinajstić information content (AvgIpc) is 3.13. The van der Waals surface area contributed by atoms with Gasteiger partial charge in [0, 0.05) is 23.5 Å². The number of hydrogen-bond acceptors (Lipinski definition) is 4. The summed E-state index contributed by atoms with van der Waals surface area (Å²) < 4.78 is 1.93. The fourth-order valence-electron chi connectivity index (χ4n) is 2.86. The molecule has 0 fully saturated rings. The number of aldehydes is 1. The lowest BCUT2D eigenvalue weighted by Gasteiger charge is -2.07. The predicted molar refractivity (Wildman–Crippen MR) is 110 cm³/mol. The smallest absolute Gasteiger partial charge is 0.161 e. The molecule has 4 aromatic rings. The molecule has 0 aliphatic carbocycles. The van der Waals surface area contributed by atoms with Crippen molar-refractivity contribution in [3.05, 3.63) is 89.0 Å². The van der Waals surface area contributed by atoms with Crippen molar-refractivity contribution < 1.29 is 4.79 Å². The van der Waals surface area contributed by atoms with Gasteiger partial charge in [-0.25, -0.2) is 9.97 Å². The average molecular weight is 366 g/mol. The highest BCUT2D eigenvalue weighted by Crippen LogP contribution is 2.21. The Morgan fingerprint density at radius 2 is 1.93 bits per heavy atom. The van der Waals surface area contributed by atoms with E-state index in [1.54, 1.807) is 18.3 Å². The van der Waals surface area contributed by atoms with Crippen LogP contribution in [0.4, 0.5) is 11.5 Å². The summed E-state index contributed by atoms with van der Waals surface area (Å²) in [7, 11) is 0. The number of anilines is 2. The number of nitrogens with one attached hydrogen (secondary N) is 1. The van der Waals surface area contributed by atoms with E-state index in [1.807, 2.05) is 61.0 Å². The van der Waals surface area contributed by atoms with Crippen molar-refractivity contribution >= 4 is 23.4 Å². The van der Waals surface area contributed by atoms with Gasteiger partial charge >= 0.3 is 0 Å². The lowest BCUT2D eigenvalue weighted by Crippen LogP contribution is -1.97. The van der Waals surface area contributed by atoms with Crippen LogP contribution in [0, 0.1) is 25.7 Å². The van der Waals surface area contributed by atoms with Crippen LogP contribution in [0.1, 0.15) is 32.7 Å². The Hall–Kier alpha value is -3.91. The zero-order valence-electron chi connectivity index (χ0n) is 15.6. The summed E-state index contributed by atoms with van der Waals surface area (Å²) in [5.74, 6) is 7.08. The van der Waals surface area contributed by atoms with Crippen LogP contribution in [0.3, 0.4) is 0 Å². The fraction of sp³-hybridized carbons (Fsp3) is 0.0870. The first-order chi connectivity index (χ1) is 13.6. The van der Waals surface area contributed by atoms with E-state index in [1.165, 1.54) is 0 Å². The molecule has 4 rings (SSSR count). The SMILES string of the molecule is Cc1ccc(Nc2cccn3c(C#Cc4cc(C=O)ccc4C)cnc23)nc1. The Balaban J connectivity index is 1.69. The van der Waals surface area contributed by atoms with Crippen molar-refractivity contribution in [1.29, 1.82) is 0 Å². The molecule has 5 heteroatoms. The molecule has 3 heterocycles. The number of hydrogen-bond donors (Lipinski definition) is 1. The van der Waals surface area contributed by atoms with Gasteiger partial charge in [-0.3, -0.25) is 9.20 Å². The molecule has 1 N–H and O–H groups in total. The van der Waals surface area contributed by atoms with Crippen molar-refractivity contribution in [2.24, 2.45) is 0 Å². The van der Waals surface area contributed by atoms with Crippen molar-refractivity contribution in [2.75, 3.05) is 5.32 Å². The molecule has 0 aliphatic heterocycles. The molecule has 0 amide bonds. The molecule has 0 atom stereocenters. The molecule has 0 unspecified atom stereocenters. The van der Waals surface area contributed by atoms with Gasteiger partial charge in [0.05, 0.1) is 11.9 Å². The first kappa shape index (κ1) is 17.5. The molecule has 0 bridgehead atoms. The second-order valence-corrected chi connectivity index (χ2v) is 6.55. The summed E-state index contributed by atoms with van der Waals surface area (Å²) in [5.41, 5.74) is 5.98. The number of carbonyl (C=O) groups is 1. The van der Waals surface area contributed by atoms with Gasteiger partial charge in [-0.15, -0.1) is 0 Å². The summed E-state index contributed by atoms with van der Waals surface area (Å²) in [4.78, 5) is 19.9. The molecular weight excluding hydrogens is 348 g/mol. The summed E-state index contributed by atoms with van der Waals surface area (Å²) in [5, 5.41) is 3.30. The highest BCUT2D eigenvalue weighted by Gasteiger charge is 2.07. The van der Waals surface area contributed by atoms with Gasteiger partial charge in [0.2, 0.25) is 0 Å². The molecule has 5 nitrogen and oxygen atoms in total. The normalized spacial score (nSPS) is 10.4. The Morgan fingerprint density at radius 3 is 2.71 bits per heavy atom. The van der Waals surface area contributed by atoms with Gasteiger partial charge < -0.3 is 5.32 Å². The maximum absolute atomic E-state index is 11.0. The number of imidazole rings is 1. The van der Waals surface area contributed by atoms with Crippen LogP contribution in [-0.4, -0.2) is 20.7 Å².